The number of benzene rings is 1. The fourth-order valence-corrected chi connectivity index (χ4v) is 2.03. The van der Waals surface area contributed by atoms with Gasteiger partial charge >= 0.3 is 17.6 Å². The molecular weight excluding hydrogens is 288 g/mol. The van der Waals surface area contributed by atoms with Crippen LogP contribution in [0.25, 0.3) is 11.1 Å². The lowest BCUT2D eigenvalue weighted by atomic mass is 10.3. The standard InChI is InChI=1S/C14H14N4O4/c1-2-7-15-12(19)13-16-11(17-22-13)8-18-9-5-3-4-6-10(9)21-14(18)20/h3-6H,2,7-8H2,1H3,(H,15,19). The molecule has 2 aromatic heterocycles. The van der Waals surface area contributed by atoms with Crippen LogP contribution in [-0.4, -0.2) is 27.2 Å². The van der Waals surface area contributed by atoms with Crippen LogP contribution in [0.5, 0.6) is 0 Å². The molecule has 2 heterocycles. The number of aromatic nitrogens is 3. The predicted octanol–water partition coefficient (Wildman–Crippen LogP) is 1.17. The molecule has 0 unspecified atom stereocenters. The van der Waals surface area contributed by atoms with Crippen molar-refractivity contribution in [2.75, 3.05) is 6.54 Å². The molecule has 114 valence electrons. The van der Waals surface area contributed by atoms with Gasteiger partial charge in [0.2, 0.25) is 0 Å². The zero-order valence-corrected chi connectivity index (χ0v) is 11.9. The molecule has 0 aliphatic rings. The highest BCUT2D eigenvalue weighted by Crippen LogP contribution is 2.12. The number of hydrogen-bond acceptors (Lipinski definition) is 6. The molecule has 0 saturated carbocycles. The lowest BCUT2D eigenvalue weighted by Gasteiger charge is -1.97. The molecule has 0 fully saturated rings. The Morgan fingerprint density at radius 3 is 3.00 bits per heavy atom. The van der Waals surface area contributed by atoms with Crippen LogP contribution in [0.3, 0.4) is 0 Å². The third kappa shape index (κ3) is 2.62. The first kappa shape index (κ1) is 14.1. The van der Waals surface area contributed by atoms with Crippen LogP contribution in [0.4, 0.5) is 0 Å². The highest BCUT2D eigenvalue weighted by molar-refractivity contribution is 5.89. The van der Waals surface area contributed by atoms with Crippen LogP contribution in [-0.2, 0) is 6.54 Å². The Morgan fingerprint density at radius 2 is 2.18 bits per heavy atom. The molecule has 0 saturated heterocycles. The second-order valence-electron chi connectivity index (χ2n) is 4.69. The van der Waals surface area contributed by atoms with Gasteiger partial charge in [0.15, 0.2) is 11.4 Å². The highest BCUT2D eigenvalue weighted by Gasteiger charge is 2.16. The van der Waals surface area contributed by atoms with E-state index in [0.717, 1.165) is 6.42 Å². The molecule has 0 aliphatic heterocycles. The number of amides is 1. The maximum absolute atomic E-state index is 11.9. The molecule has 3 rings (SSSR count). The quantitative estimate of drug-likeness (QED) is 0.758. The van der Waals surface area contributed by atoms with Crippen molar-refractivity contribution in [2.45, 2.75) is 19.9 Å². The average molecular weight is 302 g/mol. The van der Waals surface area contributed by atoms with Crippen LogP contribution >= 0.6 is 0 Å². The van der Waals surface area contributed by atoms with E-state index in [0.29, 0.717) is 17.6 Å². The summed E-state index contributed by atoms with van der Waals surface area (Å²) in [4.78, 5) is 27.6. The van der Waals surface area contributed by atoms with Crippen molar-refractivity contribution in [1.82, 2.24) is 20.0 Å². The molecule has 0 bridgehead atoms. The summed E-state index contributed by atoms with van der Waals surface area (Å²) in [5, 5.41) is 6.36. The number of carbonyl (C=O) groups is 1. The molecule has 0 radical (unpaired) electrons. The van der Waals surface area contributed by atoms with E-state index >= 15 is 0 Å². The zero-order valence-electron chi connectivity index (χ0n) is 11.9. The normalized spacial score (nSPS) is 11.0. The van der Waals surface area contributed by atoms with Crippen molar-refractivity contribution in [3.05, 3.63) is 46.5 Å². The molecule has 8 heteroatoms. The number of nitrogens with zero attached hydrogens (tertiary/aromatic N) is 3. The number of oxazole rings is 1. The fraction of sp³-hybridized carbons (Fsp3) is 0.286. The Balaban J connectivity index is 1.84. The SMILES string of the molecule is CCCNC(=O)c1nc(Cn2c(=O)oc3ccccc32)no1. The van der Waals surface area contributed by atoms with Gasteiger partial charge in [0.1, 0.15) is 0 Å². The van der Waals surface area contributed by atoms with Gasteiger partial charge in [-0.2, -0.15) is 4.98 Å². The molecule has 1 N–H and O–H groups in total. The molecule has 22 heavy (non-hydrogen) atoms. The van der Waals surface area contributed by atoms with Gasteiger partial charge in [0.05, 0.1) is 12.1 Å². The smallest absolute Gasteiger partial charge is 0.408 e. The second-order valence-corrected chi connectivity index (χ2v) is 4.69. The van der Waals surface area contributed by atoms with E-state index in [2.05, 4.69) is 15.5 Å². The monoisotopic (exact) mass is 302 g/mol. The minimum absolute atomic E-state index is 0.0698. The van der Waals surface area contributed by atoms with E-state index in [4.69, 9.17) is 8.94 Å². The first-order valence-electron chi connectivity index (χ1n) is 6.88. The molecule has 3 aromatic rings. The van der Waals surface area contributed by atoms with Crippen LogP contribution in [0.2, 0.25) is 0 Å². The van der Waals surface area contributed by atoms with Gasteiger partial charge in [-0.15, -0.1) is 0 Å². The number of fused-ring (bicyclic) bond motifs is 1. The summed E-state index contributed by atoms with van der Waals surface area (Å²) >= 11 is 0. The topological polar surface area (TPSA) is 103 Å². The Morgan fingerprint density at radius 1 is 1.36 bits per heavy atom. The summed E-state index contributed by atoms with van der Waals surface area (Å²) in [6, 6.07) is 7.04. The number of para-hydroxylation sites is 2. The molecule has 8 nitrogen and oxygen atoms in total. The lowest BCUT2D eigenvalue weighted by Crippen LogP contribution is -2.24. The number of rotatable bonds is 5. The summed E-state index contributed by atoms with van der Waals surface area (Å²) < 4.78 is 11.4. The molecule has 0 spiro atoms. The van der Waals surface area contributed by atoms with Gasteiger partial charge in [-0.3, -0.25) is 9.36 Å². The molecule has 1 amide bonds. The van der Waals surface area contributed by atoms with Gasteiger partial charge in [-0.1, -0.05) is 24.2 Å². The van der Waals surface area contributed by atoms with E-state index in [1.165, 1.54) is 4.57 Å². The summed E-state index contributed by atoms with van der Waals surface area (Å²) in [6.07, 6.45) is 0.809. The summed E-state index contributed by atoms with van der Waals surface area (Å²) in [6.45, 7) is 2.54. The van der Waals surface area contributed by atoms with E-state index in [1.54, 1.807) is 24.3 Å². The van der Waals surface area contributed by atoms with Gasteiger partial charge < -0.3 is 14.3 Å². The molecule has 0 atom stereocenters. The van der Waals surface area contributed by atoms with Crippen LogP contribution in [0.1, 0.15) is 29.9 Å². The third-order valence-corrected chi connectivity index (χ3v) is 3.07. The van der Waals surface area contributed by atoms with Gasteiger partial charge in [-0.05, 0) is 18.6 Å². The van der Waals surface area contributed by atoms with Gasteiger partial charge in [0, 0.05) is 6.54 Å². The van der Waals surface area contributed by atoms with Crippen molar-refractivity contribution >= 4 is 17.0 Å². The van der Waals surface area contributed by atoms with E-state index in [9.17, 15) is 9.59 Å². The van der Waals surface area contributed by atoms with Crippen molar-refractivity contribution < 1.29 is 13.7 Å². The fourth-order valence-electron chi connectivity index (χ4n) is 2.03. The molecule has 0 aliphatic carbocycles. The second kappa shape index (κ2) is 5.84. The lowest BCUT2D eigenvalue weighted by molar-refractivity contribution is 0.0910. The Kier molecular flexibility index (Phi) is 3.73. The summed E-state index contributed by atoms with van der Waals surface area (Å²) in [5.74, 6) is -0.826. The first-order valence-corrected chi connectivity index (χ1v) is 6.88. The average Bonchev–Trinajstić information content (AvgIpc) is 3.11. The maximum Gasteiger partial charge on any atom is 0.420 e. The van der Waals surface area contributed by atoms with Crippen LogP contribution in [0.15, 0.2) is 38.0 Å². The predicted molar refractivity (Wildman–Crippen MR) is 76.5 cm³/mol. The van der Waals surface area contributed by atoms with Crippen molar-refractivity contribution in [1.29, 1.82) is 0 Å². The maximum atomic E-state index is 11.9. The van der Waals surface area contributed by atoms with Crippen LogP contribution in [0, 0.1) is 0 Å². The van der Waals surface area contributed by atoms with Crippen molar-refractivity contribution in [3.63, 3.8) is 0 Å². The summed E-state index contributed by atoms with van der Waals surface area (Å²) in [5.41, 5.74) is 1.12. The van der Waals surface area contributed by atoms with Crippen LogP contribution < -0.4 is 11.1 Å². The minimum atomic E-state index is -0.511. The Labute approximate surface area is 124 Å². The van der Waals surface area contributed by atoms with Crippen molar-refractivity contribution in [2.24, 2.45) is 0 Å². The highest BCUT2D eigenvalue weighted by atomic mass is 16.5. The number of nitrogens with one attached hydrogen (secondary N) is 1. The largest absolute Gasteiger partial charge is 0.420 e. The van der Waals surface area contributed by atoms with Gasteiger partial charge in [-0.25, -0.2) is 4.79 Å². The van der Waals surface area contributed by atoms with E-state index < -0.39 is 11.7 Å². The minimum Gasteiger partial charge on any atom is -0.408 e. The van der Waals surface area contributed by atoms with E-state index in [-0.39, 0.29) is 18.3 Å². The Hall–Kier alpha value is -2.90. The van der Waals surface area contributed by atoms with E-state index in [1.807, 2.05) is 6.92 Å². The zero-order chi connectivity index (χ0) is 15.5. The third-order valence-electron chi connectivity index (χ3n) is 3.07. The molecule has 1 aromatic carbocycles. The van der Waals surface area contributed by atoms with Gasteiger partial charge in [0.25, 0.3) is 0 Å². The first-order chi connectivity index (χ1) is 10.7. The van der Waals surface area contributed by atoms with Crippen molar-refractivity contribution in [3.8, 4) is 0 Å². The number of carbonyl (C=O) groups excluding carboxylic acids is 1. The molecular formula is C14H14N4O4. The number of hydrogen-bond donors (Lipinski definition) is 1. The Bertz CT molecular complexity index is 861. The summed E-state index contributed by atoms with van der Waals surface area (Å²) in [7, 11) is 0.